The molecular weight excluding hydrogens is 477 g/mol. The molecule has 2 aromatic carbocycles. The topological polar surface area (TPSA) is 94.1 Å². The molecule has 1 atom stereocenters. The van der Waals surface area contributed by atoms with Crippen molar-refractivity contribution >= 4 is 17.5 Å². The number of nitrogens with zero attached hydrogens (tertiary/aromatic N) is 2. The van der Waals surface area contributed by atoms with E-state index < -0.39 is 36.2 Å². The van der Waals surface area contributed by atoms with Crippen LogP contribution in [0.25, 0.3) is 0 Å². The first kappa shape index (κ1) is 24.5. The van der Waals surface area contributed by atoms with Gasteiger partial charge in [0.2, 0.25) is 5.60 Å². The van der Waals surface area contributed by atoms with Gasteiger partial charge in [-0.3, -0.25) is 19.4 Å². The summed E-state index contributed by atoms with van der Waals surface area (Å²) in [7, 11) is 0. The second-order valence-corrected chi connectivity index (χ2v) is 9.64. The molecule has 1 spiro atoms. The van der Waals surface area contributed by atoms with Crippen molar-refractivity contribution < 1.29 is 32.6 Å². The maximum atomic E-state index is 12.6. The van der Waals surface area contributed by atoms with Crippen molar-refractivity contribution in [3.05, 3.63) is 59.2 Å². The summed E-state index contributed by atoms with van der Waals surface area (Å²) in [5, 5.41) is 15.8. The number of carbonyl (C=O) groups excluding carboxylic acids is 2. The number of alkyl halides is 3. The fourth-order valence-corrected chi connectivity index (χ4v) is 4.99. The smallest absolute Gasteiger partial charge is 0.401 e. The lowest BCUT2D eigenvalue weighted by atomic mass is 9.90. The summed E-state index contributed by atoms with van der Waals surface area (Å²) in [6.07, 6.45) is -4.18. The number of benzene rings is 2. The summed E-state index contributed by atoms with van der Waals surface area (Å²) >= 11 is 0. The Bertz CT molecular complexity index is 1170. The van der Waals surface area contributed by atoms with E-state index in [4.69, 9.17) is 4.74 Å². The standard InChI is InChI=1S/C25H27F3N4O4/c26-25(27,28)15-32-13-24(14-32)23(35)30-20-9-17(5-6-21(20)36-24)22(34)29-10-19(33)12-31-8-7-16-3-1-2-4-18(16)11-31/h1-6,9,19,33H,7-8,10-15H2,(H,29,34)(H,30,35)/t19-/m0/s1. The number of ether oxygens (including phenoxy) is 1. The van der Waals surface area contributed by atoms with Gasteiger partial charge in [-0.25, -0.2) is 0 Å². The number of hydrogen-bond donors (Lipinski definition) is 3. The van der Waals surface area contributed by atoms with Crippen molar-refractivity contribution in [3.8, 4) is 5.75 Å². The average Bonchev–Trinajstić information content (AvgIpc) is 2.80. The van der Waals surface area contributed by atoms with Crippen LogP contribution in [0.5, 0.6) is 5.75 Å². The summed E-state index contributed by atoms with van der Waals surface area (Å²) < 4.78 is 43.5. The quantitative estimate of drug-likeness (QED) is 0.556. The summed E-state index contributed by atoms with van der Waals surface area (Å²) in [5.74, 6) is -0.664. The summed E-state index contributed by atoms with van der Waals surface area (Å²) in [6.45, 7) is 0.643. The summed E-state index contributed by atoms with van der Waals surface area (Å²) in [6, 6.07) is 12.7. The number of β-amino-alcohol motifs (C(OH)–C–C–N with tert-alkyl or cyclic N) is 1. The number of hydrogen-bond acceptors (Lipinski definition) is 6. The molecule has 0 aromatic heterocycles. The second-order valence-electron chi connectivity index (χ2n) is 9.64. The van der Waals surface area contributed by atoms with Crippen LogP contribution in [0.1, 0.15) is 21.5 Å². The molecule has 3 aliphatic heterocycles. The van der Waals surface area contributed by atoms with Gasteiger partial charge in [-0.05, 0) is 35.7 Å². The fraction of sp³-hybridized carbons (Fsp3) is 0.440. The number of aliphatic hydroxyl groups excluding tert-OH is 1. The van der Waals surface area contributed by atoms with Crippen LogP contribution >= 0.6 is 0 Å². The SMILES string of the molecule is O=C(NC[C@H](O)CN1CCc2ccccc2C1)c1ccc2c(c1)NC(=O)C1(CN(CC(F)(F)F)C1)O2. The number of halogens is 3. The Hall–Kier alpha value is -3.15. The van der Waals surface area contributed by atoms with Crippen LogP contribution in [-0.4, -0.2) is 83.9 Å². The minimum Gasteiger partial charge on any atom is -0.472 e. The summed E-state index contributed by atoms with van der Waals surface area (Å²) in [5.41, 5.74) is 1.75. The van der Waals surface area contributed by atoms with E-state index in [0.717, 1.165) is 24.4 Å². The van der Waals surface area contributed by atoms with Crippen LogP contribution in [0.3, 0.4) is 0 Å². The van der Waals surface area contributed by atoms with Crippen molar-refractivity contribution in [1.82, 2.24) is 15.1 Å². The number of fused-ring (bicyclic) bond motifs is 2. The predicted octanol–water partition coefficient (Wildman–Crippen LogP) is 1.78. The third-order valence-electron chi connectivity index (χ3n) is 6.75. The molecule has 5 rings (SSSR count). The first-order chi connectivity index (χ1) is 17.1. The first-order valence-electron chi connectivity index (χ1n) is 11.8. The van der Waals surface area contributed by atoms with Crippen molar-refractivity contribution in [2.45, 2.75) is 30.8 Å². The van der Waals surface area contributed by atoms with Crippen molar-refractivity contribution in [1.29, 1.82) is 0 Å². The maximum Gasteiger partial charge on any atom is 0.401 e. The zero-order chi connectivity index (χ0) is 25.5. The number of nitrogens with one attached hydrogen (secondary N) is 2. The number of rotatable bonds is 6. The third-order valence-corrected chi connectivity index (χ3v) is 6.75. The van der Waals surface area contributed by atoms with E-state index in [-0.39, 0.29) is 30.9 Å². The Kier molecular flexibility index (Phi) is 6.39. The molecule has 1 fully saturated rings. The Morgan fingerprint density at radius 1 is 1.17 bits per heavy atom. The number of likely N-dealkylation sites (tertiary alicyclic amines) is 1. The van der Waals surface area contributed by atoms with E-state index in [1.54, 1.807) is 0 Å². The number of anilines is 1. The van der Waals surface area contributed by atoms with Gasteiger partial charge >= 0.3 is 6.18 Å². The molecule has 0 radical (unpaired) electrons. The maximum absolute atomic E-state index is 12.6. The molecular formula is C25H27F3N4O4. The zero-order valence-electron chi connectivity index (χ0n) is 19.5. The first-order valence-corrected chi connectivity index (χ1v) is 11.8. The highest BCUT2D eigenvalue weighted by atomic mass is 19.4. The molecule has 0 saturated carbocycles. The van der Waals surface area contributed by atoms with Crippen LogP contribution in [-0.2, 0) is 17.8 Å². The lowest BCUT2D eigenvalue weighted by molar-refractivity contribution is -0.184. The van der Waals surface area contributed by atoms with Crippen molar-refractivity contribution in [3.63, 3.8) is 0 Å². The van der Waals surface area contributed by atoms with Crippen LogP contribution in [0.4, 0.5) is 18.9 Å². The molecule has 0 aliphatic carbocycles. The van der Waals surface area contributed by atoms with Crippen LogP contribution in [0.15, 0.2) is 42.5 Å². The lowest BCUT2D eigenvalue weighted by Crippen LogP contribution is -2.72. The predicted molar refractivity (Wildman–Crippen MR) is 125 cm³/mol. The van der Waals surface area contributed by atoms with E-state index in [1.807, 2.05) is 12.1 Å². The van der Waals surface area contributed by atoms with Gasteiger partial charge < -0.3 is 20.5 Å². The summed E-state index contributed by atoms with van der Waals surface area (Å²) in [4.78, 5) is 28.4. The largest absolute Gasteiger partial charge is 0.472 e. The fourth-order valence-electron chi connectivity index (χ4n) is 4.99. The molecule has 11 heteroatoms. The highest BCUT2D eigenvalue weighted by molar-refractivity contribution is 6.03. The van der Waals surface area contributed by atoms with E-state index in [0.29, 0.717) is 12.3 Å². The van der Waals surface area contributed by atoms with Gasteiger partial charge in [-0.2, -0.15) is 13.2 Å². The third kappa shape index (κ3) is 5.18. The molecule has 2 amide bonds. The average molecular weight is 505 g/mol. The molecule has 2 aromatic rings. The molecule has 3 aliphatic rings. The molecule has 192 valence electrons. The van der Waals surface area contributed by atoms with Crippen molar-refractivity contribution in [2.24, 2.45) is 0 Å². The molecule has 0 unspecified atom stereocenters. The minimum atomic E-state index is -4.35. The lowest BCUT2D eigenvalue weighted by Gasteiger charge is -2.50. The number of carbonyl (C=O) groups is 2. The van der Waals surface area contributed by atoms with Gasteiger partial charge in [0.25, 0.3) is 11.8 Å². The minimum absolute atomic E-state index is 0.0646. The van der Waals surface area contributed by atoms with Gasteiger partial charge in [-0.1, -0.05) is 24.3 Å². The van der Waals surface area contributed by atoms with E-state index >= 15 is 0 Å². The molecule has 36 heavy (non-hydrogen) atoms. The van der Waals surface area contributed by atoms with E-state index in [1.165, 1.54) is 29.3 Å². The van der Waals surface area contributed by atoms with Crippen LogP contribution in [0, 0.1) is 0 Å². The highest BCUT2D eigenvalue weighted by Crippen LogP contribution is 2.39. The second kappa shape index (κ2) is 9.38. The Morgan fingerprint density at radius 2 is 1.92 bits per heavy atom. The van der Waals surface area contributed by atoms with Gasteiger partial charge in [0, 0.05) is 44.8 Å². The highest BCUT2D eigenvalue weighted by Gasteiger charge is 2.56. The Balaban J connectivity index is 1.13. The molecule has 0 bridgehead atoms. The molecule has 8 nitrogen and oxygen atoms in total. The monoisotopic (exact) mass is 504 g/mol. The Morgan fingerprint density at radius 3 is 2.67 bits per heavy atom. The normalized spacial score (nSPS) is 19.9. The van der Waals surface area contributed by atoms with Gasteiger partial charge in [0.15, 0.2) is 0 Å². The molecule has 3 heterocycles. The van der Waals surface area contributed by atoms with Gasteiger partial charge in [-0.15, -0.1) is 0 Å². The van der Waals surface area contributed by atoms with Crippen molar-refractivity contribution in [2.75, 3.05) is 44.6 Å². The zero-order valence-corrected chi connectivity index (χ0v) is 19.5. The van der Waals surface area contributed by atoms with E-state index in [9.17, 15) is 27.9 Å². The molecule has 3 N–H and O–H groups in total. The Labute approximate surface area is 206 Å². The van der Waals surface area contributed by atoms with Gasteiger partial charge in [0.1, 0.15) is 5.75 Å². The van der Waals surface area contributed by atoms with Crippen LogP contribution < -0.4 is 15.4 Å². The van der Waals surface area contributed by atoms with Gasteiger partial charge in [0.05, 0.1) is 18.3 Å². The van der Waals surface area contributed by atoms with E-state index in [2.05, 4.69) is 27.7 Å². The number of aliphatic hydroxyl groups is 1. The van der Waals surface area contributed by atoms with Crippen LogP contribution in [0.2, 0.25) is 0 Å². The number of amides is 2. The molecule has 1 saturated heterocycles.